The fourth-order valence-electron chi connectivity index (χ4n) is 2.83. The van der Waals surface area contributed by atoms with Crippen molar-refractivity contribution in [2.24, 2.45) is 0 Å². The Morgan fingerprint density at radius 3 is 2.41 bits per heavy atom. The second-order valence-corrected chi connectivity index (χ2v) is 5.66. The molecule has 0 saturated carbocycles. The Morgan fingerprint density at radius 1 is 1.23 bits per heavy atom. The van der Waals surface area contributed by atoms with Crippen molar-refractivity contribution in [3.63, 3.8) is 0 Å². The molecular formula is C16H21N3O3. The zero-order chi connectivity index (χ0) is 16.5. The van der Waals surface area contributed by atoms with Crippen molar-refractivity contribution in [1.82, 2.24) is 10.2 Å². The lowest BCUT2D eigenvalue weighted by Crippen LogP contribution is -2.51. The van der Waals surface area contributed by atoms with Gasteiger partial charge in [0.2, 0.25) is 5.91 Å². The lowest BCUT2D eigenvalue weighted by molar-refractivity contribution is -0.126. The molecule has 6 heteroatoms. The highest BCUT2D eigenvalue weighted by atomic mass is 16.2. The molecule has 0 aliphatic carbocycles. The van der Waals surface area contributed by atoms with Gasteiger partial charge in [0.1, 0.15) is 0 Å². The van der Waals surface area contributed by atoms with E-state index in [1.165, 1.54) is 4.90 Å². The van der Waals surface area contributed by atoms with Gasteiger partial charge in [0.25, 0.3) is 5.91 Å². The molecule has 22 heavy (non-hydrogen) atoms. The predicted octanol–water partition coefficient (Wildman–Crippen LogP) is 2.11. The van der Waals surface area contributed by atoms with E-state index in [9.17, 15) is 14.4 Å². The first-order chi connectivity index (χ1) is 10.4. The van der Waals surface area contributed by atoms with Crippen molar-refractivity contribution in [2.45, 2.75) is 32.1 Å². The monoisotopic (exact) mass is 303 g/mol. The summed E-state index contributed by atoms with van der Waals surface area (Å²) in [5.74, 6) is -0.668. The molecule has 2 N–H and O–H groups in total. The maximum absolute atomic E-state index is 12.3. The number of hydrogen-bond donors (Lipinski definition) is 2. The number of fused-ring (bicyclic) bond motifs is 1. The number of rotatable bonds is 3. The Bertz CT molecular complexity index is 634. The van der Waals surface area contributed by atoms with Crippen LogP contribution in [-0.4, -0.2) is 36.8 Å². The van der Waals surface area contributed by atoms with E-state index in [4.69, 9.17) is 0 Å². The van der Waals surface area contributed by atoms with Crippen LogP contribution < -0.4 is 10.6 Å². The topological polar surface area (TPSA) is 78.5 Å². The number of nitrogens with one attached hydrogen (secondary N) is 2. The van der Waals surface area contributed by atoms with E-state index in [2.05, 4.69) is 10.6 Å². The number of carbonyl (C=O) groups excluding carboxylic acids is 3. The summed E-state index contributed by atoms with van der Waals surface area (Å²) < 4.78 is 0. The summed E-state index contributed by atoms with van der Waals surface area (Å²) in [5.41, 5.74) is 1.02. The van der Waals surface area contributed by atoms with Gasteiger partial charge in [-0.05, 0) is 30.5 Å². The van der Waals surface area contributed by atoms with Crippen LogP contribution in [0.1, 0.15) is 42.6 Å². The largest absolute Gasteiger partial charge is 0.331 e. The normalized spacial score (nSPS) is 15.8. The second-order valence-electron chi connectivity index (χ2n) is 5.66. The van der Waals surface area contributed by atoms with Gasteiger partial charge in [-0.15, -0.1) is 0 Å². The molecule has 1 aromatic rings. The smallest absolute Gasteiger partial charge is 0.321 e. The average Bonchev–Trinajstić information content (AvgIpc) is 2.49. The third kappa shape index (κ3) is 2.45. The fourth-order valence-corrected chi connectivity index (χ4v) is 2.83. The van der Waals surface area contributed by atoms with Crippen LogP contribution in [-0.2, 0) is 10.2 Å². The minimum Gasteiger partial charge on any atom is -0.331 e. The van der Waals surface area contributed by atoms with E-state index in [0.717, 1.165) is 5.56 Å². The molecule has 0 atom stereocenters. The number of anilines is 1. The van der Waals surface area contributed by atoms with E-state index in [-0.39, 0.29) is 11.9 Å². The molecule has 1 aromatic carbocycles. The Morgan fingerprint density at radius 2 is 1.86 bits per heavy atom. The van der Waals surface area contributed by atoms with Gasteiger partial charge in [0.05, 0.1) is 5.41 Å². The van der Waals surface area contributed by atoms with Crippen LogP contribution in [0.5, 0.6) is 0 Å². The molecule has 118 valence electrons. The van der Waals surface area contributed by atoms with Crippen molar-refractivity contribution < 1.29 is 14.4 Å². The second kappa shape index (κ2) is 5.79. The average molecular weight is 303 g/mol. The van der Waals surface area contributed by atoms with Gasteiger partial charge in [-0.25, -0.2) is 4.79 Å². The van der Waals surface area contributed by atoms with Crippen LogP contribution in [0.3, 0.4) is 0 Å². The molecule has 6 nitrogen and oxygen atoms in total. The van der Waals surface area contributed by atoms with Crippen LogP contribution in [0.15, 0.2) is 18.2 Å². The first-order valence-electron chi connectivity index (χ1n) is 7.34. The van der Waals surface area contributed by atoms with Crippen LogP contribution in [0.4, 0.5) is 10.5 Å². The van der Waals surface area contributed by atoms with Crippen molar-refractivity contribution in [2.75, 3.05) is 19.4 Å². The Balaban J connectivity index is 2.48. The van der Waals surface area contributed by atoms with E-state index in [1.807, 2.05) is 13.8 Å². The third-order valence-electron chi connectivity index (χ3n) is 4.31. The van der Waals surface area contributed by atoms with E-state index >= 15 is 0 Å². The first kappa shape index (κ1) is 16.0. The summed E-state index contributed by atoms with van der Waals surface area (Å²) in [6.45, 7) is 3.87. The summed E-state index contributed by atoms with van der Waals surface area (Å²) in [4.78, 5) is 37.5. The van der Waals surface area contributed by atoms with Gasteiger partial charge in [-0.1, -0.05) is 19.9 Å². The number of urea groups is 1. The third-order valence-corrected chi connectivity index (χ3v) is 4.31. The van der Waals surface area contributed by atoms with Crippen LogP contribution >= 0.6 is 0 Å². The van der Waals surface area contributed by atoms with Gasteiger partial charge in [0.15, 0.2) is 0 Å². The lowest BCUT2D eigenvalue weighted by atomic mass is 9.71. The van der Waals surface area contributed by atoms with Crippen molar-refractivity contribution in [3.8, 4) is 0 Å². The molecule has 2 rings (SSSR count). The minimum atomic E-state index is -0.687. The van der Waals surface area contributed by atoms with Gasteiger partial charge in [0, 0.05) is 25.3 Å². The molecule has 1 heterocycles. The molecular weight excluding hydrogens is 282 g/mol. The standard InChI is InChI=1S/C16H21N3O3/c1-5-16(6-2)12-8-7-10(17-15(22)19(3)4)9-11(12)13(20)18-14(16)21/h7-9H,5-6H2,1-4H3,(H,17,22)(H,18,20,21). The summed E-state index contributed by atoms with van der Waals surface area (Å²) in [7, 11) is 3.27. The fraction of sp³-hybridized carbons (Fsp3) is 0.438. The Labute approximate surface area is 129 Å². The van der Waals surface area contributed by atoms with Crippen molar-refractivity contribution >= 4 is 23.5 Å². The number of hydrogen-bond acceptors (Lipinski definition) is 3. The quantitative estimate of drug-likeness (QED) is 0.839. The Hall–Kier alpha value is -2.37. The molecule has 4 amide bonds. The van der Waals surface area contributed by atoms with Crippen molar-refractivity contribution in [1.29, 1.82) is 0 Å². The molecule has 0 unspecified atom stereocenters. The molecule has 0 spiro atoms. The van der Waals surface area contributed by atoms with Gasteiger partial charge >= 0.3 is 6.03 Å². The first-order valence-corrected chi connectivity index (χ1v) is 7.34. The Kier molecular flexibility index (Phi) is 4.21. The van der Waals surface area contributed by atoms with Crippen molar-refractivity contribution in [3.05, 3.63) is 29.3 Å². The van der Waals surface area contributed by atoms with Gasteiger partial charge in [-0.2, -0.15) is 0 Å². The molecule has 1 aliphatic rings. The van der Waals surface area contributed by atoms with Gasteiger partial charge in [-0.3, -0.25) is 14.9 Å². The zero-order valence-corrected chi connectivity index (χ0v) is 13.3. The summed E-state index contributed by atoms with van der Waals surface area (Å²) >= 11 is 0. The molecule has 0 saturated heterocycles. The zero-order valence-electron chi connectivity index (χ0n) is 13.3. The maximum atomic E-state index is 12.3. The molecule has 0 radical (unpaired) electrons. The highest BCUT2D eigenvalue weighted by Crippen LogP contribution is 2.38. The highest BCUT2D eigenvalue weighted by molar-refractivity contribution is 6.13. The van der Waals surface area contributed by atoms with E-state index in [1.54, 1.807) is 32.3 Å². The van der Waals surface area contributed by atoms with E-state index in [0.29, 0.717) is 24.1 Å². The van der Waals surface area contributed by atoms with Crippen LogP contribution in [0.2, 0.25) is 0 Å². The number of nitrogens with zero attached hydrogens (tertiary/aromatic N) is 1. The number of benzene rings is 1. The molecule has 0 bridgehead atoms. The predicted molar refractivity (Wildman–Crippen MR) is 83.9 cm³/mol. The number of imide groups is 1. The van der Waals surface area contributed by atoms with Crippen LogP contribution in [0.25, 0.3) is 0 Å². The molecule has 0 aromatic heterocycles. The van der Waals surface area contributed by atoms with Crippen LogP contribution in [0, 0.1) is 0 Å². The lowest BCUT2D eigenvalue weighted by Gasteiger charge is -2.35. The summed E-state index contributed by atoms with van der Waals surface area (Å²) in [6, 6.07) is 4.85. The summed E-state index contributed by atoms with van der Waals surface area (Å²) in [6.07, 6.45) is 1.22. The minimum absolute atomic E-state index is 0.250. The van der Waals surface area contributed by atoms with Gasteiger partial charge < -0.3 is 10.2 Å². The summed E-state index contributed by atoms with van der Waals surface area (Å²) in [5, 5.41) is 5.14. The van der Waals surface area contributed by atoms with E-state index < -0.39 is 11.3 Å². The molecule has 0 fully saturated rings. The maximum Gasteiger partial charge on any atom is 0.321 e. The number of carbonyl (C=O) groups is 3. The molecule has 1 aliphatic heterocycles. The number of amides is 4. The highest BCUT2D eigenvalue weighted by Gasteiger charge is 2.44. The SMILES string of the molecule is CCC1(CC)C(=O)NC(=O)c2cc(NC(=O)N(C)C)ccc21.